The summed E-state index contributed by atoms with van der Waals surface area (Å²) >= 11 is 1.71. The van der Waals surface area contributed by atoms with Crippen molar-refractivity contribution in [3.8, 4) is 0 Å². The first kappa shape index (κ1) is 22.4. The number of aromatic nitrogens is 1. The number of hydrogen-bond donors (Lipinski definition) is 2. The number of guanidine groups is 1. The fraction of sp³-hybridized carbons (Fsp3) is 0.273. The number of rotatable bonds is 7. The Morgan fingerprint density at radius 2 is 1.61 bits per heavy atom. The highest BCUT2D eigenvalue weighted by Gasteiger charge is 2.13. The molecule has 28 heavy (non-hydrogen) atoms. The number of halogens is 1. The predicted molar refractivity (Wildman–Crippen MR) is 130 cm³/mol. The zero-order valence-corrected chi connectivity index (χ0v) is 19.4. The molecule has 0 saturated heterocycles. The van der Waals surface area contributed by atoms with E-state index < -0.39 is 0 Å². The number of nitrogens with zero attached hydrogens (tertiary/aromatic N) is 2. The molecule has 1 aromatic heterocycles. The molecule has 0 amide bonds. The van der Waals surface area contributed by atoms with Crippen LogP contribution in [0.4, 0.5) is 0 Å². The first-order chi connectivity index (χ1) is 13.3. The first-order valence-electron chi connectivity index (χ1n) is 9.22. The molecule has 0 aliphatic heterocycles. The summed E-state index contributed by atoms with van der Waals surface area (Å²) in [5.41, 5.74) is 2.68. The molecule has 0 spiro atoms. The second kappa shape index (κ2) is 11.8. The van der Waals surface area contributed by atoms with E-state index in [1.807, 2.05) is 6.20 Å². The molecular formula is C22H27IN4S. The van der Waals surface area contributed by atoms with Crippen LogP contribution in [0, 0.1) is 6.92 Å². The maximum atomic E-state index is 4.38. The quantitative estimate of drug-likeness (QED) is 0.271. The molecule has 6 heteroatoms. The van der Waals surface area contributed by atoms with Crippen molar-refractivity contribution >= 4 is 41.3 Å². The van der Waals surface area contributed by atoms with Crippen LogP contribution in [0.2, 0.25) is 0 Å². The van der Waals surface area contributed by atoms with Gasteiger partial charge in [-0.2, -0.15) is 0 Å². The summed E-state index contributed by atoms with van der Waals surface area (Å²) in [6.07, 6.45) is 2.90. The van der Waals surface area contributed by atoms with E-state index in [1.165, 1.54) is 16.0 Å². The number of benzene rings is 2. The van der Waals surface area contributed by atoms with Gasteiger partial charge >= 0.3 is 0 Å². The number of aliphatic imine (C=N–C) groups is 1. The fourth-order valence-electron chi connectivity index (χ4n) is 3.09. The lowest BCUT2D eigenvalue weighted by Gasteiger charge is -2.19. The maximum absolute atomic E-state index is 4.38. The SMILES string of the molecule is CN=C(NCCC(c1ccccc1)c1ccccc1)NCc1ncc(C)s1.I. The van der Waals surface area contributed by atoms with Crippen LogP contribution in [0.3, 0.4) is 0 Å². The van der Waals surface area contributed by atoms with Crippen molar-refractivity contribution < 1.29 is 0 Å². The fourth-order valence-corrected chi connectivity index (χ4v) is 3.82. The topological polar surface area (TPSA) is 49.3 Å². The van der Waals surface area contributed by atoms with Crippen molar-refractivity contribution in [2.45, 2.75) is 25.8 Å². The molecule has 0 bridgehead atoms. The van der Waals surface area contributed by atoms with E-state index in [9.17, 15) is 0 Å². The van der Waals surface area contributed by atoms with Gasteiger partial charge in [0.15, 0.2) is 5.96 Å². The second-order valence-electron chi connectivity index (χ2n) is 6.38. The smallest absolute Gasteiger partial charge is 0.191 e. The molecule has 0 saturated carbocycles. The molecule has 0 atom stereocenters. The van der Waals surface area contributed by atoms with Gasteiger partial charge in [0.2, 0.25) is 0 Å². The van der Waals surface area contributed by atoms with Crippen LogP contribution in [0.25, 0.3) is 0 Å². The van der Waals surface area contributed by atoms with Crippen LogP contribution >= 0.6 is 35.3 Å². The van der Waals surface area contributed by atoms with E-state index in [0.29, 0.717) is 12.5 Å². The van der Waals surface area contributed by atoms with Crippen LogP contribution in [0.1, 0.15) is 33.4 Å². The minimum Gasteiger partial charge on any atom is -0.356 e. The van der Waals surface area contributed by atoms with E-state index in [4.69, 9.17) is 0 Å². The highest BCUT2D eigenvalue weighted by Crippen LogP contribution is 2.27. The van der Waals surface area contributed by atoms with Gasteiger partial charge in [0.25, 0.3) is 0 Å². The molecule has 4 nitrogen and oxygen atoms in total. The van der Waals surface area contributed by atoms with Gasteiger partial charge < -0.3 is 10.6 Å². The Morgan fingerprint density at radius 3 is 2.11 bits per heavy atom. The molecule has 1 heterocycles. The Kier molecular flexibility index (Phi) is 9.43. The monoisotopic (exact) mass is 506 g/mol. The van der Waals surface area contributed by atoms with Gasteiger partial charge in [-0.3, -0.25) is 4.99 Å². The highest BCUT2D eigenvalue weighted by atomic mass is 127. The molecule has 0 fully saturated rings. The van der Waals surface area contributed by atoms with Gasteiger partial charge in [-0.1, -0.05) is 60.7 Å². The van der Waals surface area contributed by atoms with E-state index >= 15 is 0 Å². The number of aryl methyl sites for hydroxylation is 1. The van der Waals surface area contributed by atoms with E-state index in [1.54, 1.807) is 18.4 Å². The predicted octanol–water partition coefficient (Wildman–Crippen LogP) is 4.96. The van der Waals surface area contributed by atoms with Crippen molar-refractivity contribution in [1.82, 2.24) is 15.6 Å². The maximum Gasteiger partial charge on any atom is 0.191 e. The summed E-state index contributed by atoms with van der Waals surface area (Å²) in [7, 11) is 1.80. The van der Waals surface area contributed by atoms with Crippen LogP contribution in [0.15, 0.2) is 71.9 Å². The molecule has 2 N–H and O–H groups in total. The van der Waals surface area contributed by atoms with Crippen LogP contribution in [0.5, 0.6) is 0 Å². The number of thiazole rings is 1. The summed E-state index contributed by atoms with van der Waals surface area (Å²) in [4.78, 5) is 9.93. The average Bonchev–Trinajstić information content (AvgIpc) is 3.14. The molecule has 0 aliphatic rings. The molecule has 3 rings (SSSR count). The van der Waals surface area contributed by atoms with Crippen LogP contribution < -0.4 is 10.6 Å². The van der Waals surface area contributed by atoms with Crippen molar-refractivity contribution in [2.75, 3.05) is 13.6 Å². The zero-order chi connectivity index (χ0) is 18.9. The third kappa shape index (κ3) is 6.60. The summed E-state index contributed by atoms with van der Waals surface area (Å²) in [5, 5.41) is 7.84. The van der Waals surface area contributed by atoms with E-state index in [-0.39, 0.29) is 24.0 Å². The lowest BCUT2D eigenvalue weighted by Crippen LogP contribution is -2.37. The number of hydrogen-bond acceptors (Lipinski definition) is 3. The Hall–Kier alpha value is -1.93. The summed E-state index contributed by atoms with van der Waals surface area (Å²) in [6, 6.07) is 21.4. The van der Waals surface area contributed by atoms with Gasteiger partial charge in [-0.15, -0.1) is 35.3 Å². The Labute approximate surface area is 188 Å². The lowest BCUT2D eigenvalue weighted by atomic mass is 9.88. The minimum atomic E-state index is 0. The molecule has 2 aromatic carbocycles. The third-order valence-electron chi connectivity index (χ3n) is 4.43. The zero-order valence-electron chi connectivity index (χ0n) is 16.3. The summed E-state index contributed by atoms with van der Waals surface area (Å²) in [5.74, 6) is 1.17. The van der Waals surface area contributed by atoms with Crippen LogP contribution in [-0.2, 0) is 6.54 Å². The standard InChI is InChI=1S/C22H26N4S.HI/c1-17-15-25-21(27-17)16-26-22(23-2)24-14-13-20(18-9-5-3-6-10-18)19-11-7-4-8-12-19;/h3-12,15,20H,13-14,16H2,1-2H3,(H2,23,24,26);1H. The highest BCUT2D eigenvalue weighted by molar-refractivity contribution is 14.0. The Bertz CT molecular complexity index is 810. The Balaban J connectivity index is 0.00000280. The molecule has 0 radical (unpaired) electrons. The van der Waals surface area contributed by atoms with Gasteiger partial charge in [0.05, 0.1) is 6.54 Å². The van der Waals surface area contributed by atoms with Gasteiger partial charge in [-0.25, -0.2) is 4.98 Å². The van der Waals surface area contributed by atoms with E-state index in [0.717, 1.165) is 23.9 Å². The summed E-state index contributed by atoms with van der Waals surface area (Å²) < 4.78 is 0. The molecule has 3 aromatic rings. The van der Waals surface area contributed by atoms with Gasteiger partial charge in [0, 0.05) is 30.6 Å². The first-order valence-corrected chi connectivity index (χ1v) is 10.0. The normalized spacial score (nSPS) is 11.2. The van der Waals surface area contributed by atoms with Gasteiger partial charge in [0.1, 0.15) is 5.01 Å². The third-order valence-corrected chi connectivity index (χ3v) is 5.34. The largest absolute Gasteiger partial charge is 0.356 e. The molecule has 148 valence electrons. The second-order valence-corrected chi connectivity index (χ2v) is 7.70. The van der Waals surface area contributed by atoms with Crippen molar-refractivity contribution in [3.63, 3.8) is 0 Å². The number of nitrogens with one attached hydrogen (secondary N) is 2. The van der Waals surface area contributed by atoms with Crippen LogP contribution in [-0.4, -0.2) is 24.5 Å². The molecule has 0 unspecified atom stereocenters. The summed E-state index contributed by atoms with van der Waals surface area (Å²) in [6.45, 7) is 3.60. The van der Waals surface area contributed by atoms with Crippen molar-refractivity contribution in [2.24, 2.45) is 4.99 Å². The minimum absolute atomic E-state index is 0. The van der Waals surface area contributed by atoms with E-state index in [2.05, 4.69) is 88.2 Å². The van der Waals surface area contributed by atoms with Crippen molar-refractivity contribution in [3.05, 3.63) is 87.9 Å². The Morgan fingerprint density at radius 1 is 1.00 bits per heavy atom. The molecular weight excluding hydrogens is 479 g/mol. The van der Waals surface area contributed by atoms with Crippen molar-refractivity contribution in [1.29, 1.82) is 0 Å². The average molecular weight is 506 g/mol. The molecule has 0 aliphatic carbocycles. The lowest BCUT2D eigenvalue weighted by molar-refractivity contribution is 0.678. The van der Waals surface area contributed by atoms with Gasteiger partial charge in [-0.05, 0) is 24.5 Å².